The van der Waals surface area contributed by atoms with Gasteiger partial charge in [-0.05, 0) is 0 Å². The van der Waals surface area contributed by atoms with Gasteiger partial charge in [-0.15, -0.1) is 0 Å². The summed E-state index contributed by atoms with van der Waals surface area (Å²) in [6.45, 7) is -1.76. The number of fused-ring (bicyclic) bond motifs is 10. The topological polar surface area (TPSA) is 43.4 Å². The van der Waals surface area contributed by atoms with E-state index in [1.54, 1.807) is 7.11 Å². The van der Waals surface area contributed by atoms with Crippen molar-refractivity contribution < 1.29 is 20.8 Å². The molecule has 130 valence electrons. The van der Waals surface area contributed by atoms with Crippen LogP contribution >= 0.6 is 0 Å². The maximum absolute atomic E-state index is 13.9. The van der Waals surface area contributed by atoms with Crippen molar-refractivity contribution in [2.24, 2.45) is 0 Å². The van der Waals surface area contributed by atoms with Crippen molar-refractivity contribution in [1.82, 2.24) is 0 Å². The van der Waals surface area contributed by atoms with Crippen molar-refractivity contribution >= 4 is 11.8 Å². The van der Waals surface area contributed by atoms with Crippen LogP contribution in [0.5, 0.6) is 0 Å². The summed E-state index contributed by atoms with van der Waals surface area (Å²) in [4.78, 5) is 33.8. The zero-order chi connectivity index (χ0) is 16.5. The van der Waals surface area contributed by atoms with E-state index in [1.165, 1.54) is 5.56 Å². The number of esters is 1. The van der Waals surface area contributed by atoms with E-state index in [4.69, 9.17) is 4.74 Å². The van der Waals surface area contributed by atoms with Gasteiger partial charge in [-0.25, -0.2) is 0 Å². The SMILES string of the molecule is COC(=O)C[C]12[CH]3[CH]4[CH]5[CH]1[Fe]45321678[CH]2[CH]1[CH]6[C]7(C(=O)c1ccc(C)cc1)[CH]28. The van der Waals surface area contributed by atoms with Gasteiger partial charge in [-0.2, -0.15) is 0 Å². The van der Waals surface area contributed by atoms with Crippen molar-refractivity contribution in [3.05, 3.63) is 35.4 Å². The molecule has 0 radical (unpaired) electrons. The molecule has 25 heavy (non-hydrogen) atoms. The van der Waals surface area contributed by atoms with Crippen LogP contribution in [0.4, 0.5) is 0 Å². The first-order valence-electron chi connectivity index (χ1n) is 9.69. The second kappa shape index (κ2) is 1.14. The fourth-order valence-electron chi connectivity index (χ4n) is 19.3. The number of aryl methyl sites for hydroxylation is 1. The monoisotopic (exact) mass is 376 g/mol. The molecule has 0 saturated carbocycles. The molecule has 10 saturated heterocycles. The number of carbonyl (C=O) groups excluding carboxylic acids is 2. The summed E-state index contributed by atoms with van der Waals surface area (Å²) >= 11 is 0. The van der Waals surface area contributed by atoms with Crippen LogP contribution in [-0.2, 0) is 16.0 Å². The molecule has 10 aliphatic rings. The predicted octanol–water partition coefficient (Wildman–Crippen LogP) is 4.87. The molecule has 0 amide bonds. The predicted molar refractivity (Wildman–Crippen MR) is 87.5 cm³/mol. The van der Waals surface area contributed by atoms with Crippen molar-refractivity contribution in [3.63, 3.8) is 0 Å². The van der Waals surface area contributed by atoms with Crippen molar-refractivity contribution in [2.75, 3.05) is 7.11 Å². The summed E-state index contributed by atoms with van der Waals surface area (Å²) < 4.78 is 5.68. The average molecular weight is 376 g/mol. The van der Waals surface area contributed by atoms with Crippen molar-refractivity contribution in [2.45, 2.75) is 60.5 Å². The molecule has 8 unspecified atom stereocenters. The molecule has 8 atom stereocenters. The third kappa shape index (κ3) is 0.157. The van der Waals surface area contributed by atoms with Gasteiger partial charge in [-0.1, -0.05) is 0 Å². The van der Waals surface area contributed by atoms with E-state index < -0.39 is 6.51 Å². The first kappa shape index (κ1) is 10.9. The Balaban J connectivity index is 1.26. The van der Waals surface area contributed by atoms with Crippen LogP contribution < -0.4 is 0 Å². The standard InChI is InChI=1S/C13H11O.C8H9O2.Fe/c1-10-6-8-12(9-7-10)13(14)11-4-2-3-5-11;1-10-8(9)6-7-4-2-3-5-7;/h2-9H,1H3;2-5H,6H2,1H3;. The molecule has 0 bridgehead atoms. The van der Waals surface area contributed by atoms with Crippen LogP contribution in [0.25, 0.3) is 0 Å². The van der Waals surface area contributed by atoms with E-state index in [2.05, 4.69) is 31.2 Å². The molecule has 10 heterocycles. The third-order valence-electron chi connectivity index (χ3n) is 17.4. The molecule has 1 spiro atoms. The summed E-state index contributed by atoms with van der Waals surface area (Å²) in [7, 11) is 1.54. The van der Waals surface area contributed by atoms with Gasteiger partial charge in [-0.3, -0.25) is 0 Å². The zero-order valence-electron chi connectivity index (χ0n) is 14.2. The van der Waals surface area contributed by atoms with Crippen LogP contribution in [0.3, 0.4) is 0 Å². The van der Waals surface area contributed by atoms with E-state index in [-0.39, 0.29) is 10.3 Å². The Hall–Kier alpha value is -1.12. The zero-order valence-corrected chi connectivity index (χ0v) is 15.3. The second-order valence-electron chi connectivity index (χ2n) is 12.9. The second-order valence-corrected chi connectivity index (χ2v) is 36.2. The molecule has 0 N–H and O–H groups in total. The van der Waals surface area contributed by atoms with E-state index in [0.717, 1.165) is 44.1 Å². The Labute approximate surface area is 135 Å². The number of hydrogen-bond donors (Lipinski definition) is 0. The number of Topliss-reactive ketones (excluding diaryl/α,β-unsaturated/α-hetero) is 1. The molecule has 3 nitrogen and oxygen atoms in total. The average Bonchev–Trinajstić information content (AvgIpc) is 3.56. The molecule has 11 rings (SSSR count). The summed E-state index contributed by atoms with van der Waals surface area (Å²) in [5.74, 6) is 0.564. The third-order valence-corrected chi connectivity index (χ3v) is 60.7. The minimum absolute atomic E-state index is 0.0194. The number of methoxy groups -OCH3 is 1. The number of ether oxygens (including phenoxy) is 1. The Morgan fingerprint density at radius 1 is 1.00 bits per heavy atom. The Morgan fingerprint density at radius 2 is 1.56 bits per heavy atom. The van der Waals surface area contributed by atoms with Gasteiger partial charge in [0, 0.05) is 0 Å². The molecule has 1 aromatic rings. The number of carbonyl (C=O) groups is 2. The van der Waals surface area contributed by atoms with Gasteiger partial charge in [0.25, 0.3) is 0 Å². The molecule has 4 heteroatoms. The summed E-state index contributed by atoms with van der Waals surface area (Å²) in [6, 6.07) is 8.36. The molecule has 10 aliphatic heterocycles. The van der Waals surface area contributed by atoms with Crippen LogP contribution in [-0.4, -0.2) is 18.9 Å². The van der Waals surface area contributed by atoms with Gasteiger partial charge < -0.3 is 0 Å². The van der Waals surface area contributed by atoms with Gasteiger partial charge in [0.2, 0.25) is 0 Å². The van der Waals surface area contributed by atoms with Gasteiger partial charge in [0.1, 0.15) is 0 Å². The van der Waals surface area contributed by atoms with E-state index in [0.29, 0.717) is 16.5 Å². The van der Waals surface area contributed by atoms with Crippen molar-refractivity contribution in [1.29, 1.82) is 0 Å². The minimum atomic E-state index is -3.84. The Bertz CT molecular complexity index is 1450. The molecule has 1 aromatic carbocycles. The number of ketones is 1. The van der Waals surface area contributed by atoms with E-state index in [9.17, 15) is 9.59 Å². The van der Waals surface area contributed by atoms with Gasteiger partial charge in [0.05, 0.1) is 0 Å². The van der Waals surface area contributed by atoms with E-state index >= 15 is 0 Å². The van der Waals surface area contributed by atoms with Gasteiger partial charge >= 0.3 is 136 Å². The van der Waals surface area contributed by atoms with Crippen LogP contribution in [0.15, 0.2) is 24.3 Å². The molecular weight excluding hydrogens is 356 g/mol. The van der Waals surface area contributed by atoms with Crippen LogP contribution in [0.2, 0.25) is 47.2 Å². The number of hydrogen-bond acceptors (Lipinski definition) is 3. The molecule has 0 aromatic heterocycles. The number of rotatable bonds is 4. The summed E-state index contributed by atoms with van der Waals surface area (Å²) in [5, 5.41) is 0. The Morgan fingerprint density at radius 3 is 2.04 bits per heavy atom. The Kier molecular flexibility index (Phi) is 0.498. The normalized spacial score (nSPS) is 87.3. The number of benzene rings is 1. The van der Waals surface area contributed by atoms with Crippen LogP contribution in [0, 0.1) is 6.92 Å². The first-order chi connectivity index (χ1) is 11.8. The van der Waals surface area contributed by atoms with Gasteiger partial charge in [0.15, 0.2) is 0 Å². The molecule has 0 aliphatic carbocycles. The van der Waals surface area contributed by atoms with Crippen LogP contribution in [0.1, 0.15) is 22.3 Å². The fraction of sp³-hybridized carbons (Fsp3) is 0.619. The maximum atomic E-state index is 13.9. The quantitative estimate of drug-likeness (QED) is 0.428. The molecule has 10 fully saturated rings. The summed E-state index contributed by atoms with van der Waals surface area (Å²) in [5.41, 5.74) is 2.20. The van der Waals surface area contributed by atoms with Crippen molar-refractivity contribution in [3.8, 4) is 0 Å². The van der Waals surface area contributed by atoms with E-state index in [1.807, 2.05) is 0 Å². The summed E-state index contributed by atoms with van der Waals surface area (Å²) in [6.07, 6.45) is 0.698. The fourth-order valence-corrected chi connectivity index (χ4v) is 95.7. The first-order valence-corrected chi connectivity index (χ1v) is 15.9. The molecular formula is C21H20FeO3.